The number of hydrogen-bond acceptors (Lipinski definition) is 3. The molecule has 1 saturated carbocycles. The van der Waals surface area contributed by atoms with Crippen LogP contribution in [-0.2, 0) is 4.79 Å². The van der Waals surface area contributed by atoms with E-state index in [-0.39, 0.29) is 6.04 Å². The summed E-state index contributed by atoms with van der Waals surface area (Å²) in [5.41, 5.74) is 1.30. The van der Waals surface area contributed by atoms with Gasteiger partial charge in [-0.25, -0.2) is 0 Å². The molecule has 1 aromatic carbocycles. The molecule has 0 radical (unpaired) electrons. The maximum atomic E-state index is 12.7. The summed E-state index contributed by atoms with van der Waals surface area (Å²) in [5, 5.41) is 4.48. The van der Waals surface area contributed by atoms with E-state index < -0.39 is 0 Å². The fourth-order valence-corrected chi connectivity index (χ4v) is 4.89. The molecular weight excluding hydrogens is 398 g/mol. The Balaban J connectivity index is 1.30. The van der Waals surface area contributed by atoms with Crippen LogP contribution in [0.5, 0.6) is 0 Å². The Morgan fingerprint density at radius 1 is 1.17 bits per heavy atom. The van der Waals surface area contributed by atoms with E-state index in [1.54, 1.807) is 0 Å². The van der Waals surface area contributed by atoms with Gasteiger partial charge in [0.1, 0.15) is 0 Å². The molecule has 4 rings (SSSR count). The Labute approximate surface area is 185 Å². The summed E-state index contributed by atoms with van der Waals surface area (Å²) >= 11 is 6.16. The first kappa shape index (κ1) is 21.4. The Hall–Kier alpha value is -1.79. The molecule has 2 saturated heterocycles. The lowest BCUT2D eigenvalue weighted by Crippen LogP contribution is -2.57. The van der Waals surface area contributed by atoms with Crippen molar-refractivity contribution in [2.75, 3.05) is 45.8 Å². The van der Waals surface area contributed by atoms with E-state index >= 15 is 0 Å². The second kappa shape index (κ2) is 9.56. The number of aliphatic imine (C=N–C) groups is 1. The van der Waals surface area contributed by atoms with Crippen molar-refractivity contribution in [3.8, 4) is 0 Å². The van der Waals surface area contributed by atoms with Crippen LogP contribution in [0.15, 0.2) is 29.3 Å². The van der Waals surface area contributed by atoms with Gasteiger partial charge in [-0.05, 0) is 50.8 Å². The first-order chi connectivity index (χ1) is 14.6. The number of piperazine rings is 1. The van der Waals surface area contributed by atoms with Crippen LogP contribution >= 0.6 is 11.6 Å². The van der Waals surface area contributed by atoms with Crippen LogP contribution in [0, 0.1) is 0 Å². The molecule has 0 bridgehead atoms. The van der Waals surface area contributed by atoms with E-state index in [9.17, 15) is 4.79 Å². The van der Waals surface area contributed by atoms with Gasteiger partial charge in [0, 0.05) is 62.8 Å². The van der Waals surface area contributed by atoms with Gasteiger partial charge < -0.3 is 15.1 Å². The first-order valence-electron chi connectivity index (χ1n) is 11.4. The van der Waals surface area contributed by atoms with Crippen molar-refractivity contribution in [2.45, 2.75) is 51.1 Å². The summed E-state index contributed by atoms with van der Waals surface area (Å²) in [6.45, 7) is 10.4. The Morgan fingerprint density at radius 3 is 2.57 bits per heavy atom. The molecule has 7 heteroatoms. The van der Waals surface area contributed by atoms with Crippen molar-refractivity contribution in [3.05, 3.63) is 34.9 Å². The molecule has 3 fully saturated rings. The van der Waals surface area contributed by atoms with Crippen molar-refractivity contribution in [1.29, 1.82) is 0 Å². The molecular formula is C23H34ClN5O. The molecule has 1 aromatic rings. The van der Waals surface area contributed by atoms with E-state index in [4.69, 9.17) is 16.6 Å². The van der Waals surface area contributed by atoms with Crippen molar-refractivity contribution >= 4 is 23.5 Å². The van der Waals surface area contributed by atoms with Gasteiger partial charge in [0.15, 0.2) is 5.96 Å². The Kier molecular flexibility index (Phi) is 6.84. The van der Waals surface area contributed by atoms with E-state index in [1.165, 1.54) is 5.56 Å². The third kappa shape index (κ3) is 4.92. The fourth-order valence-electron chi connectivity index (χ4n) is 4.69. The summed E-state index contributed by atoms with van der Waals surface area (Å²) in [6.07, 6.45) is 3.41. The normalized spacial score (nSPS) is 26.0. The number of amides is 1. The van der Waals surface area contributed by atoms with Gasteiger partial charge in [0.25, 0.3) is 0 Å². The number of likely N-dealkylation sites (tertiary alicyclic amines) is 1. The molecule has 30 heavy (non-hydrogen) atoms. The standard InChI is InChI=1S/C23H34ClN5O/c1-3-25-23(26-21-16-20(21)18-7-6-8-19(24)15-18)29-13-11-27(12-14-29)17(2)22(30)28-9-4-5-10-28/h6-8,15,17,20-21H,3-5,9-14,16H2,1-2H3,(H,25,26). The highest BCUT2D eigenvalue weighted by molar-refractivity contribution is 6.30. The first-order valence-corrected chi connectivity index (χ1v) is 11.8. The number of carbonyl (C=O) groups excluding carboxylic acids is 1. The maximum absolute atomic E-state index is 12.7. The minimum Gasteiger partial charge on any atom is -0.353 e. The maximum Gasteiger partial charge on any atom is 0.239 e. The van der Waals surface area contributed by atoms with Gasteiger partial charge in [-0.2, -0.15) is 0 Å². The molecule has 6 nitrogen and oxygen atoms in total. The van der Waals surface area contributed by atoms with Crippen LogP contribution in [0.4, 0.5) is 0 Å². The number of hydrogen-bond donors (Lipinski definition) is 1. The quantitative estimate of drug-likeness (QED) is 0.575. The molecule has 1 aliphatic carbocycles. The van der Waals surface area contributed by atoms with E-state index in [1.807, 2.05) is 17.0 Å². The van der Waals surface area contributed by atoms with Crippen molar-refractivity contribution in [3.63, 3.8) is 0 Å². The van der Waals surface area contributed by atoms with Gasteiger partial charge in [0.2, 0.25) is 5.91 Å². The predicted molar refractivity (Wildman–Crippen MR) is 122 cm³/mol. The summed E-state index contributed by atoms with van der Waals surface area (Å²) in [5.74, 6) is 1.80. The van der Waals surface area contributed by atoms with Crippen LogP contribution in [0.3, 0.4) is 0 Å². The summed E-state index contributed by atoms with van der Waals surface area (Å²) in [4.78, 5) is 24.2. The topological polar surface area (TPSA) is 51.2 Å². The smallest absolute Gasteiger partial charge is 0.239 e. The minimum atomic E-state index is -0.0274. The van der Waals surface area contributed by atoms with Gasteiger partial charge >= 0.3 is 0 Å². The molecule has 3 aliphatic rings. The number of nitrogens with zero attached hydrogens (tertiary/aromatic N) is 4. The average molecular weight is 432 g/mol. The molecule has 3 atom stereocenters. The van der Waals surface area contributed by atoms with Crippen LogP contribution in [0.1, 0.15) is 44.6 Å². The summed E-state index contributed by atoms with van der Waals surface area (Å²) < 4.78 is 0. The zero-order valence-corrected chi connectivity index (χ0v) is 18.9. The molecule has 3 unspecified atom stereocenters. The second-order valence-corrected chi connectivity index (χ2v) is 9.11. The second-order valence-electron chi connectivity index (χ2n) is 8.68. The van der Waals surface area contributed by atoms with Gasteiger partial charge in [-0.15, -0.1) is 0 Å². The molecule has 1 N–H and O–H groups in total. The van der Waals surface area contributed by atoms with Crippen molar-refractivity contribution in [2.24, 2.45) is 4.99 Å². The summed E-state index contributed by atoms with van der Waals surface area (Å²) in [6, 6.07) is 8.57. The largest absolute Gasteiger partial charge is 0.353 e. The number of guanidine groups is 1. The molecule has 0 spiro atoms. The third-order valence-corrected chi connectivity index (χ3v) is 6.86. The number of rotatable bonds is 5. The lowest BCUT2D eigenvalue weighted by Gasteiger charge is -2.39. The van der Waals surface area contributed by atoms with Crippen LogP contribution in [-0.4, -0.2) is 84.5 Å². The number of nitrogens with one attached hydrogen (secondary N) is 1. The van der Waals surface area contributed by atoms with Gasteiger partial charge in [-0.1, -0.05) is 23.7 Å². The van der Waals surface area contributed by atoms with E-state index in [2.05, 4.69) is 41.1 Å². The predicted octanol–water partition coefficient (Wildman–Crippen LogP) is 2.79. The SMILES string of the molecule is CCN=C(NC1CC1c1cccc(Cl)c1)N1CCN(C(C)C(=O)N2CCCC2)CC1. The summed E-state index contributed by atoms with van der Waals surface area (Å²) in [7, 11) is 0. The van der Waals surface area contributed by atoms with Crippen molar-refractivity contribution in [1.82, 2.24) is 20.0 Å². The monoisotopic (exact) mass is 431 g/mol. The highest BCUT2D eigenvalue weighted by Crippen LogP contribution is 2.41. The van der Waals surface area contributed by atoms with Gasteiger partial charge in [-0.3, -0.25) is 14.7 Å². The fraction of sp³-hybridized carbons (Fsp3) is 0.652. The molecule has 1 amide bonds. The number of halogens is 1. The molecule has 164 valence electrons. The highest BCUT2D eigenvalue weighted by Gasteiger charge is 2.40. The van der Waals surface area contributed by atoms with Crippen LogP contribution in [0.2, 0.25) is 5.02 Å². The molecule has 0 aromatic heterocycles. The zero-order valence-electron chi connectivity index (χ0n) is 18.2. The third-order valence-electron chi connectivity index (χ3n) is 6.63. The van der Waals surface area contributed by atoms with Crippen molar-refractivity contribution < 1.29 is 4.79 Å². The zero-order chi connectivity index (χ0) is 21.1. The minimum absolute atomic E-state index is 0.0274. The average Bonchev–Trinajstić information content (AvgIpc) is 3.31. The molecule has 2 aliphatic heterocycles. The lowest BCUT2D eigenvalue weighted by atomic mass is 10.1. The number of carbonyl (C=O) groups is 1. The van der Waals surface area contributed by atoms with E-state index in [0.717, 1.165) is 76.1 Å². The highest BCUT2D eigenvalue weighted by atomic mass is 35.5. The Morgan fingerprint density at radius 2 is 1.90 bits per heavy atom. The van der Waals surface area contributed by atoms with Crippen LogP contribution in [0.25, 0.3) is 0 Å². The molecule has 2 heterocycles. The lowest BCUT2D eigenvalue weighted by molar-refractivity contribution is -0.135. The number of benzene rings is 1. The van der Waals surface area contributed by atoms with Gasteiger partial charge in [0.05, 0.1) is 6.04 Å². The van der Waals surface area contributed by atoms with E-state index in [0.29, 0.717) is 17.9 Å². The Bertz CT molecular complexity index is 771. The van der Waals surface area contributed by atoms with Crippen LogP contribution < -0.4 is 5.32 Å².